The fourth-order valence-corrected chi connectivity index (χ4v) is 4.86. The van der Waals surface area contributed by atoms with Crippen LogP contribution in [0.2, 0.25) is 5.02 Å². The fraction of sp³-hybridized carbons (Fsp3) is 0.333. The lowest BCUT2D eigenvalue weighted by atomic mass is 10.1. The van der Waals surface area contributed by atoms with Gasteiger partial charge in [-0.1, -0.05) is 30.2 Å². The Kier molecular flexibility index (Phi) is 6.40. The van der Waals surface area contributed by atoms with E-state index in [4.69, 9.17) is 16.7 Å². The van der Waals surface area contributed by atoms with Crippen LogP contribution in [0.1, 0.15) is 59.5 Å². The first-order valence-electron chi connectivity index (χ1n) is 10.7. The van der Waals surface area contributed by atoms with Gasteiger partial charge in [0.15, 0.2) is 15.5 Å². The number of sulfone groups is 1. The van der Waals surface area contributed by atoms with Gasteiger partial charge in [-0.2, -0.15) is 5.10 Å². The highest BCUT2D eigenvalue weighted by Crippen LogP contribution is 2.27. The molecule has 2 aromatic carbocycles. The third-order valence-corrected chi connectivity index (χ3v) is 7.25. The molecule has 4 rings (SSSR count). The van der Waals surface area contributed by atoms with E-state index in [0.29, 0.717) is 10.7 Å². The SMILES string of the molecule is CC(NC(=O)c1nn(-c2ccc(Cl)cc2)c2c1CCCCC2)c1ccc(S(C)(=O)=O)cc1. The monoisotopic (exact) mass is 471 g/mol. The Hall–Kier alpha value is -2.64. The maximum atomic E-state index is 13.2. The smallest absolute Gasteiger partial charge is 0.272 e. The average Bonchev–Trinajstić information content (AvgIpc) is 2.95. The summed E-state index contributed by atoms with van der Waals surface area (Å²) in [5.74, 6) is -0.226. The summed E-state index contributed by atoms with van der Waals surface area (Å²) in [4.78, 5) is 13.5. The number of nitrogens with zero attached hydrogens (tertiary/aromatic N) is 2. The quantitative estimate of drug-likeness (QED) is 0.547. The molecular weight excluding hydrogens is 446 g/mol. The minimum atomic E-state index is -3.26. The van der Waals surface area contributed by atoms with Crippen molar-refractivity contribution in [2.75, 3.05) is 6.26 Å². The van der Waals surface area contributed by atoms with E-state index < -0.39 is 9.84 Å². The van der Waals surface area contributed by atoms with Crippen molar-refractivity contribution in [3.63, 3.8) is 0 Å². The van der Waals surface area contributed by atoms with Gasteiger partial charge in [0.2, 0.25) is 0 Å². The Labute approximate surface area is 193 Å². The van der Waals surface area contributed by atoms with E-state index in [0.717, 1.165) is 54.6 Å². The molecule has 0 aliphatic heterocycles. The minimum absolute atomic E-state index is 0.226. The molecule has 0 saturated heterocycles. The van der Waals surface area contributed by atoms with Crippen LogP contribution in [-0.4, -0.2) is 30.4 Å². The van der Waals surface area contributed by atoms with Crippen molar-refractivity contribution < 1.29 is 13.2 Å². The molecule has 1 N–H and O–H groups in total. The summed E-state index contributed by atoms with van der Waals surface area (Å²) in [6, 6.07) is 13.8. The molecule has 0 fully saturated rings. The van der Waals surface area contributed by atoms with Gasteiger partial charge in [0.25, 0.3) is 5.91 Å². The minimum Gasteiger partial charge on any atom is -0.344 e. The van der Waals surface area contributed by atoms with Gasteiger partial charge in [0.1, 0.15) is 0 Å². The Bertz CT molecular complexity index is 1230. The number of hydrogen-bond donors (Lipinski definition) is 1. The van der Waals surface area contributed by atoms with Gasteiger partial charge >= 0.3 is 0 Å². The number of hydrogen-bond acceptors (Lipinski definition) is 4. The molecule has 0 saturated carbocycles. The van der Waals surface area contributed by atoms with Gasteiger partial charge < -0.3 is 5.32 Å². The summed E-state index contributed by atoms with van der Waals surface area (Å²) >= 11 is 6.05. The highest BCUT2D eigenvalue weighted by molar-refractivity contribution is 7.90. The third kappa shape index (κ3) is 4.74. The number of halogens is 1. The topological polar surface area (TPSA) is 81.1 Å². The molecule has 0 bridgehead atoms. The van der Waals surface area contributed by atoms with Gasteiger partial charge in [-0.05, 0) is 74.6 Å². The lowest BCUT2D eigenvalue weighted by Crippen LogP contribution is -2.28. The van der Waals surface area contributed by atoms with Crippen LogP contribution < -0.4 is 5.32 Å². The van der Waals surface area contributed by atoms with Crippen molar-refractivity contribution in [3.05, 3.63) is 76.1 Å². The first kappa shape index (κ1) is 22.6. The number of amides is 1. The molecule has 168 valence electrons. The van der Waals surface area contributed by atoms with Gasteiger partial charge in [0.05, 0.1) is 16.6 Å². The second-order valence-corrected chi connectivity index (χ2v) is 10.7. The van der Waals surface area contributed by atoms with Crippen molar-refractivity contribution in [1.29, 1.82) is 0 Å². The molecule has 1 unspecified atom stereocenters. The standard InChI is InChI=1S/C24H26ClN3O3S/c1-16(17-8-14-20(15-9-17)32(2,30)31)26-24(29)23-21-6-4-3-5-7-22(21)28(27-23)19-12-10-18(25)11-13-19/h8-16H,3-7H2,1-2H3,(H,26,29). The number of carbonyl (C=O) groups is 1. The van der Waals surface area contributed by atoms with Crippen molar-refractivity contribution >= 4 is 27.3 Å². The fourth-order valence-electron chi connectivity index (χ4n) is 4.11. The van der Waals surface area contributed by atoms with Crippen LogP contribution in [0, 0.1) is 0 Å². The van der Waals surface area contributed by atoms with Crippen LogP contribution >= 0.6 is 11.6 Å². The zero-order valence-electron chi connectivity index (χ0n) is 18.1. The first-order chi connectivity index (χ1) is 15.2. The van der Waals surface area contributed by atoms with Crippen LogP contribution in [0.3, 0.4) is 0 Å². The van der Waals surface area contributed by atoms with Gasteiger partial charge in [-0.3, -0.25) is 4.79 Å². The van der Waals surface area contributed by atoms with E-state index in [1.54, 1.807) is 24.3 Å². The third-order valence-electron chi connectivity index (χ3n) is 5.87. The number of benzene rings is 2. The van der Waals surface area contributed by atoms with Crippen molar-refractivity contribution in [3.8, 4) is 5.69 Å². The second kappa shape index (κ2) is 9.08. The lowest BCUT2D eigenvalue weighted by molar-refractivity contribution is 0.0933. The molecule has 3 aromatic rings. The molecule has 1 heterocycles. The number of carbonyl (C=O) groups excluding carboxylic acids is 1. The molecule has 6 nitrogen and oxygen atoms in total. The predicted octanol–water partition coefficient (Wildman–Crippen LogP) is 4.69. The summed E-state index contributed by atoms with van der Waals surface area (Å²) < 4.78 is 25.3. The summed E-state index contributed by atoms with van der Waals surface area (Å²) in [5.41, 5.74) is 4.26. The van der Waals surface area contributed by atoms with Crippen LogP contribution in [0.25, 0.3) is 5.69 Å². The summed E-state index contributed by atoms with van der Waals surface area (Å²) in [6.45, 7) is 1.88. The van der Waals surface area contributed by atoms with Crippen LogP contribution in [0.4, 0.5) is 0 Å². The van der Waals surface area contributed by atoms with Crippen molar-refractivity contribution in [1.82, 2.24) is 15.1 Å². The Morgan fingerprint density at radius 3 is 2.34 bits per heavy atom. The van der Waals surface area contributed by atoms with Gasteiger partial charge in [-0.15, -0.1) is 0 Å². The van der Waals surface area contributed by atoms with E-state index in [1.807, 2.05) is 35.9 Å². The average molecular weight is 472 g/mol. The van der Waals surface area contributed by atoms with Crippen molar-refractivity contribution in [2.24, 2.45) is 0 Å². The van der Waals surface area contributed by atoms with Crippen LogP contribution in [0.5, 0.6) is 0 Å². The lowest BCUT2D eigenvalue weighted by Gasteiger charge is -2.14. The van der Waals surface area contributed by atoms with Crippen molar-refractivity contribution in [2.45, 2.75) is 50.0 Å². The predicted molar refractivity (Wildman–Crippen MR) is 125 cm³/mol. The summed E-state index contributed by atoms with van der Waals surface area (Å²) in [5, 5.41) is 8.39. The maximum Gasteiger partial charge on any atom is 0.272 e. The normalized spacial score (nSPS) is 15.0. The van der Waals surface area contributed by atoms with Gasteiger partial charge in [-0.25, -0.2) is 13.1 Å². The summed E-state index contributed by atoms with van der Waals surface area (Å²) in [6.07, 6.45) is 6.10. The molecule has 1 aliphatic rings. The maximum absolute atomic E-state index is 13.2. The molecule has 1 atom stereocenters. The number of fused-ring (bicyclic) bond motifs is 1. The molecule has 1 amide bonds. The summed E-state index contributed by atoms with van der Waals surface area (Å²) in [7, 11) is -3.26. The molecule has 1 aromatic heterocycles. The largest absolute Gasteiger partial charge is 0.344 e. The molecule has 0 radical (unpaired) electrons. The Morgan fingerprint density at radius 2 is 1.69 bits per heavy atom. The van der Waals surface area contributed by atoms with E-state index >= 15 is 0 Å². The highest BCUT2D eigenvalue weighted by atomic mass is 35.5. The molecule has 32 heavy (non-hydrogen) atoms. The number of rotatable bonds is 5. The highest BCUT2D eigenvalue weighted by Gasteiger charge is 2.25. The van der Waals surface area contributed by atoms with Gasteiger partial charge in [0, 0.05) is 22.5 Å². The number of nitrogens with one attached hydrogen (secondary N) is 1. The second-order valence-electron chi connectivity index (χ2n) is 8.26. The molecule has 1 aliphatic carbocycles. The Balaban J connectivity index is 1.62. The zero-order chi connectivity index (χ0) is 22.9. The molecular formula is C24H26ClN3O3S. The van der Waals surface area contributed by atoms with E-state index in [1.165, 1.54) is 6.26 Å². The first-order valence-corrected chi connectivity index (χ1v) is 13.0. The number of aromatic nitrogens is 2. The Morgan fingerprint density at radius 1 is 1.03 bits per heavy atom. The zero-order valence-corrected chi connectivity index (χ0v) is 19.7. The van der Waals surface area contributed by atoms with E-state index in [2.05, 4.69) is 5.32 Å². The van der Waals surface area contributed by atoms with E-state index in [9.17, 15) is 13.2 Å². The molecule has 8 heteroatoms. The molecule has 0 spiro atoms. The van der Waals surface area contributed by atoms with Crippen LogP contribution in [-0.2, 0) is 22.7 Å². The van der Waals surface area contributed by atoms with Crippen LogP contribution in [0.15, 0.2) is 53.4 Å². The van der Waals surface area contributed by atoms with E-state index in [-0.39, 0.29) is 16.8 Å².